The van der Waals surface area contributed by atoms with Crippen molar-refractivity contribution in [3.8, 4) is 0 Å². The van der Waals surface area contributed by atoms with Gasteiger partial charge in [0.25, 0.3) is 5.56 Å². The molecule has 1 unspecified atom stereocenters. The molecule has 0 bridgehead atoms. The molecule has 0 aliphatic heterocycles. The van der Waals surface area contributed by atoms with Gasteiger partial charge in [0.2, 0.25) is 5.91 Å². The third-order valence-corrected chi connectivity index (χ3v) is 2.93. The fraction of sp³-hybridized carbons (Fsp3) is 0.286. The second kappa shape index (κ2) is 6.21. The molecule has 0 saturated heterocycles. The summed E-state index contributed by atoms with van der Waals surface area (Å²) in [7, 11) is 0. The van der Waals surface area contributed by atoms with Crippen molar-refractivity contribution in [3.63, 3.8) is 0 Å². The minimum atomic E-state index is -0.613. The van der Waals surface area contributed by atoms with Crippen LogP contribution in [0.5, 0.6) is 0 Å². The van der Waals surface area contributed by atoms with Crippen LogP contribution in [0.1, 0.15) is 17.4 Å². The van der Waals surface area contributed by atoms with Crippen molar-refractivity contribution >= 4 is 5.91 Å². The third-order valence-electron chi connectivity index (χ3n) is 2.93. The normalized spacial score (nSPS) is 12.1. The van der Waals surface area contributed by atoms with Gasteiger partial charge in [-0.05, 0) is 25.1 Å². The highest BCUT2D eigenvalue weighted by Gasteiger charge is 2.16. The number of rotatable bonds is 5. The fourth-order valence-electron chi connectivity index (χ4n) is 1.87. The Kier molecular flexibility index (Phi) is 4.37. The largest absolute Gasteiger partial charge is 0.467 e. The van der Waals surface area contributed by atoms with Crippen LogP contribution >= 0.6 is 0 Å². The van der Waals surface area contributed by atoms with E-state index in [0.29, 0.717) is 11.3 Å². The molecule has 0 saturated carbocycles. The van der Waals surface area contributed by atoms with Gasteiger partial charge in [0.05, 0.1) is 12.9 Å². The molecule has 0 aliphatic carbocycles. The second-order valence-electron chi connectivity index (χ2n) is 4.44. The van der Waals surface area contributed by atoms with Crippen molar-refractivity contribution in [1.29, 1.82) is 0 Å². The molecule has 2 heterocycles. The lowest BCUT2D eigenvalue weighted by Gasteiger charge is -2.14. The molecule has 0 radical (unpaired) electrons. The molecule has 1 atom stereocenters. The van der Waals surface area contributed by atoms with E-state index in [0.717, 1.165) is 0 Å². The van der Waals surface area contributed by atoms with Gasteiger partial charge in [-0.15, -0.1) is 0 Å². The van der Waals surface area contributed by atoms with E-state index in [1.807, 2.05) is 0 Å². The first-order valence-corrected chi connectivity index (χ1v) is 6.21. The lowest BCUT2D eigenvalue weighted by Crippen LogP contribution is -2.36. The number of nitrogens with zero attached hydrogens (tertiary/aromatic N) is 1. The maximum atomic E-state index is 11.9. The molecule has 106 valence electrons. The second-order valence-corrected chi connectivity index (χ2v) is 4.44. The zero-order chi connectivity index (χ0) is 14.5. The van der Waals surface area contributed by atoms with Crippen molar-refractivity contribution in [3.05, 3.63) is 58.4 Å². The van der Waals surface area contributed by atoms with E-state index in [-0.39, 0.29) is 24.6 Å². The predicted octanol–water partition coefficient (Wildman–Crippen LogP) is 0.600. The molecule has 2 aromatic rings. The molecule has 20 heavy (non-hydrogen) atoms. The number of amides is 1. The number of aliphatic hydroxyl groups is 1. The number of hydrogen-bond donors (Lipinski definition) is 2. The van der Waals surface area contributed by atoms with E-state index < -0.39 is 6.04 Å². The van der Waals surface area contributed by atoms with Crippen LogP contribution < -0.4 is 10.9 Å². The Bertz CT molecular complexity index is 631. The molecule has 2 aromatic heterocycles. The molecule has 2 rings (SSSR count). The highest BCUT2D eigenvalue weighted by molar-refractivity contribution is 5.76. The molecule has 0 fully saturated rings. The molecule has 1 amide bonds. The van der Waals surface area contributed by atoms with E-state index in [2.05, 4.69) is 5.32 Å². The number of aryl methyl sites for hydroxylation is 1. The van der Waals surface area contributed by atoms with Crippen LogP contribution in [0, 0.1) is 6.92 Å². The molecule has 6 heteroatoms. The molecule has 6 nitrogen and oxygen atoms in total. The average molecular weight is 276 g/mol. The maximum absolute atomic E-state index is 11.9. The van der Waals surface area contributed by atoms with E-state index in [4.69, 9.17) is 4.42 Å². The molecule has 2 N–H and O–H groups in total. The van der Waals surface area contributed by atoms with Crippen LogP contribution in [0.25, 0.3) is 0 Å². The van der Waals surface area contributed by atoms with Gasteiger partial charge in [-0.2, -0.15) is 0 Å². The Morgan fingerprint density at radius 3 is 2.90 bits per heavy atom. The van der Waals surface area contributed by atoms with E-state index >= 15 is 0 Å². The molecule has 0 aromatic carbocycles. The van der Waals surface area contributed by atoms with Crippen LogP contribution in [0.15, 0.2) is 45.9 Å². The minimum absolute atomic E-state index is 0.0995. The first-order valence-electron chi connectivity index (χ1n) is 6.21. The summed E-state index contributed by atoms with van der Waals surface area (Å²) < 4.78 is 6.46. The molecule has 0 aliphatic rings. The zero-order valence-electron chi connectivity index (χ0n) is 11.1. The summed E-state index contributed by atoms with van der Waals surface area (Å²) in [6.07, 6.45) is 3.02. The lowest BCUT2D eigenvalue weighted by atomic mass is 10.2. The Hall–Kier alpha value is -2.34. The highest BCUT2D eigenvalue weighted by atomic mass is 16.3. The van der Waals surface area contributed by atoms with Crippen LogP contribution in [0.2, 0.25) is 0 Å². The lowest BCUT2D eigenvalue weighted by molar-refractivity contribution is -0.122. The summed E-state index contributed by atoms with van der Waals surface area (Å²) in [5.41, 5.74) is 0.367. The summed E-state index contributed by atoms with van der Waals surface area (Å²) in [5.74, 6) is 0.102. The van der Waals surface area contributed by atoms with Gasteiger partial charge in [0.15, 0.2) is 0 Å². The first kappa shape index (κ1) is 14.1. The van der Waals surface area contributed by atoms with Crippen molar-refractivity contribution in [2.45, 2.75) is 19.5 Å². The topological polar surface area (TPSA) is 84.5 Å². The van der Waals surface area contributed by atoms with Gasteiger partial charge in [-0.1, -0.05) is 6.07 Å². The third kappa shape index (κ3) is 3.16. The van der Waals surface area contributed by atoms with Crippen molar-refractivity contribution < 1.29 is 14.3 Å². The van der Waals surface area contributed by atoms with Crippen molar-refractivity contribution in [2.75, 3.05) is 6.61 Å². The summed E-state index contributed by atoms with van der Waals surface area (Å²) in [4.78, 5) is 23.7. The van der Waals surface area contributed by atoms with E-state index in [9.17, 15) is 14.7 Å². The average Bonchev–Trinajstić information content (AvgIpc) is 2.95. The van der Waals surface area contributed by atoms with Crippen LogP contribution in [-0.4, -0.2) is 22.2 Å². The Balaban J connectivity index is 2.05. The molecule has 0 spiro atoms. The SMILES string of the molecule is Cc1cccn(CC(=O)NC(CO)c2ccco2)c1=O. The van der Waals surface area contributed by atoms with Crippen LogP contribution in [0.4, 0.5) is 0 Å². The fourth-order valence-corrected chi connectivity index (χ4v) is 1.87. The minimum Gasteiger partial charge on any atom is -0.467 e. The predicted molar refractivity (Wildman–Crippen MR) is 72.1 cm³/mol. The van der Waals surface area contributed by atoms with Gasteiger partial charge >= 0.3 is 0 Å². The maximum Gasteiger partial charge on any atom is 0.253 e. The molecular weight excluding hydrogens is 260 g/mol. The number of nitrogens with one attached hydrogen (secondary N) is 1. The summed E-state index contributed by atoms with van der Waals surface area (Å²) >= 11 is 0. The quantitative estimate of drug-likeness (QED) is 0.837. The van der Waals surface area contributed by atoms with Crippen LogP contribution in [0.3, 0.4) is 0 Å². The van der Waals surface area contributed by atoms with E-state index in [1.54, 1.807) is 37.4 Å². The summed E-state index contributed by atoms with van der Waals surface area (Å²) in [5, 5.41) is 11.9. The van der Waals surface area contributed by atoms with Crippen LogP contribution in [-0.2, 0) is 11.3 Å². The zero-order valence-corrected chi connectivity index (χ0v) is 11.1. The standard InChI is InChI=1S/C14H16N2O4/c1-10-4-2-6-16(14(10)19)8-13(18)15-11(9-17)12-5-3-7-20-12/h2-7,11,17H,8-9H2,1H3,(H,15,18). The number of aromatic nitrogens is 1. The number of pyridine rings is 1. The Labute approximate surface area is 115 Å². The number of carbonyl (C=O) groups excluding carboxylic acids is 1. The van der Waals surface area contributed by atoms with Gasteiger partial charge in [0, 0.05) is 11.8 Å². The van der Waals surface area contributed by atoms with Gasteiger partial charge in [-0.3, -0.25) is 9.59 Å². The summed E-state index contributed by atoms with van der Waals surface area (Å²) in [6.45, 7) is 1.32. The number of aliphatic hydroxyl groups excluding tert-OH is 1. The Morgan fingerprint density at radius 2 is 2.25 bits per heavy atom. The summed E-state index contributed by atoms with van der Waals surface area (Å²) in [6, 6.07) is 6.13. The van der Waals surface area contributed by atoms with Gasteiger partial charge < -0.3 is 19.4 Å². The monoisotopic (exact) mass is 276 g/mol. The Morgan fingerprint density at radius 1 is 1.45 bits per heavy atom. The van der Waals surface area contributed by atoms with Gasteiger partial charge in [-0.25, -0.2) is 0 Å². The highest BCUT2D eigenvalue weighted by Crippen LogP contribution is 2.12. The number of hydrogen-bond acceptors (Lipinski definition) is 4. The van der Waals surface area contributed by atoms with E-state index in [1.165, 1.54) is 10.8 Å². The first-order chi connectivity index (χ1) is 9.61. The van der Waals surface area contributed by atoms with Gasteiger partial charge in [0.1, 0.15) is 18.3 Å². The smallest absolute Gasteiger partial charge is 0.253 e. The number of carbonyl (C=O) groups is 1. The van der Waals surface area contributed by atoms with Crippen molar-refractivity contribution in [1.82, 2.24) is 9.88 Å². The molecular formula is C14H16N2O4. The number of furan rings is 1. The van der Waals surface area contributed by atoms with Crippen molar-refractivity contribution in [2.24, 2.45) is 0 Å².